The third kappa shape index (κ3) is 4.32. The second-order valence-corrected chi connectivity index (χ2v) is 7.46. The first-order valence-corrected chi connectivity index (χ1v) is 9.41. The van der Waals surface area contributed by atoms with Gasteiger partial charge in [0.05, 0.1) is 4.90 Å². The van der Waals surface area contributed by atoms with E-state index in [4.69, 9.17) is 5.73 Å². The van der Waals surface area contributed by atoms with Crippen molar-refractivity contribution >= 4 is 33.0 Å². The predicted octanol–water partition coefficient (Wildman–Crippen LogP) is 2.69. The van der Waals surface area contributed by atoms with E-state index >= 15 is 0 Å². The highest BCUT2D eigenvalue weighted by Gasteiger charge is 2.16. The van der Waals surface area contributed by atoms with E-state index in [2.05, 4.69) is 25.5 Å². The molecule has 0 aliphatic rings. The number of aryl methyl sites for hydroxylation is 1. The molecule has 146 valence electrons. The van der Waals surface area contributed by atoms with Crippen LogP contribution in [0.3, 0.4) is 0 Å². The topological polar surface area (TPSA) is 122 Å². The number of hydrazine groups is 1. The number of benzene rings is 2. The van der Waals surface area contributed by atoms with Crippen LogP contribution in [0, 0.1) is 18.6 Å². The Hall–Kier alpha value is -3.31. The molecule has 3 rings (SSSR count). The van der Waals surface area contributed by atoms with Crippen molar-refractivity contribution in [2.45, 2.75) is 11.8 Å². The number of hydrogen-bond acceptors (Lipinski definition) is 7. The molecule has 11 heteroatoms. The van der Waals surface area contributed by atoms with Gasteiger partial charge in [0, 0.05) is 11.8 Å². The summed E-state index contributed by atoms with van der Waals surface area (Å²) in [5.41, 5.74) is 9.45. The summed E-state index contributed by atoms with van der Waals surface area (Å²) in [6.07, 6.45) is 1.13. The standard InChI is InChI=1S/C17H16F2N6O2S/c1-10-2-5-12(6-3-10)28(26,27)25-24-17-15(20)16(21-9-22-17)23-11-4-7-13(18)14(19)8-11/h2-9,25H,20H2,1H3,(H2,21,22,23,24). The van der Waals surface area contributed by atoms with Gasteiger partial charge in [-0.2, -0.15) is 0 Å². The summed E-state index contributed by atoms with van der Waals surface area (Å²) in [5, 5.41) is 2.72. The van der Waals surface area contributed by atoms with E-state index in [1.807, 2.05) is 6.92 Å². The van der Waals surface area contributed by atoms with E-state index in [1.165, 1.54) is 18.2 Å². The monoisotopic (exact) mass is 406 g/mol. The molecule has 0 saturated carbocycles. The van der Waals surface area contributed by atoms with Crippen molar-refractivity contribution in [1.29, 1.82) is 0 Å². The molecule has 2 aromatic carbocycles. The van der Waals surface area contributed by atoms with E-state index in [9.17, 15) is 17.2 Å². The number of sulfonamides is 1. The molecule has 8 nitrogen and oxygen atoms in total. The van der Waals surface area contributed by atoms with Crippen LogP contribution >= 0.6 is 0 Å². The zero-order chi connectivity index (χ0) is 20.3. The summed E-state index contributed by atoms with van der Waals surface area (Å²) in [6, 6.07) is 9.42. The zero-order valence-electron chi connectivity index (χ0n) is 14.6. The second kappa shape index (κ2) is 7.74. The van der Waals surface area contributed by atoms with Gasteiger partial charge in [-0.1, -0.05) is 17.7 Å². The average Bonchev–Trinajstić information content (AvgIpc) is 2.66. The molecule has 0 saturated heterocycles. The molecule has 0 spiro atoms. The van der Waals surface area contributed by atoms with Gasteiger partial charge in [-0.3, -0.25) is 5.43 Å². The van der Waals surface area contributed by atoms with Crippen LogP contribution in [0.15, 0.2) is 53.7 Å². The molecule has 0 aliphatic heterocycles. The molecule has 1 heterocycles. The molecule has 0 aliphatic carbocycles. The van der Waals surface area contributed by atoms with Crippen molar-refractivity contribution in [1.82, 2.24) is 14.8 Å². The maximum absolute atomic E-state index is 13.3. The molecule has 0 radical (unpaired) electrons. The summed E-state index contributed by atoms with van der Waals surface area (Å²) >= 11 is 0. The van der Waals surface area contributed by atoms with Crippen molar-refractivity contribution < 1.29 is 17.2 Å². The third-order valence-electron chi connectivity index (χ3n) is 3.70. The highest BCUT2D eigenvalue weighted by atomic mass is 32.2. The number of nitrogens with two attached hydrogens (primary N) is 1. The SMILES string of the molecule is Cc1ccc(S(=O)(=O)NNc2ncnc(Nc3ccc(F)c(F)c3)c2N)cc1. The smallest absolute Gasteiger partial charge is 0.257 e. The van der Waals surface area contributed by atoms with Gasteiger partial charge >= 0.3 is 0 Å². The molecule has 0 unspecified atom stereocenters. The van der Waals surface area contributed by atoms with Gasteiger partial charge in [0.15, 0.2) is 23.3 Å². The summed E-state index contributed by atoms with van der Waals surface area (Å²) in [4.78, 5) is 10.0. The Morgan fingerprint density at radius 1 is 0.964 bits per heavy atom. The number of hydrogen-bond donors (Lipinski definition) is 4. The molecule has 28 heavy (non-hydrogen) atoms. The molecule has 0 bridgehead atoms. The van der Waals surface area contributed by atoms with E-state index in [1.54, 1.807) is 12.1 Å². The Morgan fingerprint density at radius 3 is 2.32 bits per heavy atom. The lowest BCUT2D eigenvalue weighted by Gasteiger charge is -2.13. The Labute approximate surface area is 159 Å². The second-order valence-electron chi connectivity index (χ2n) is 5.78. The fourth-order valence-electron chi connectivity index (χ4n) is 2.20. The Morgan fingerprint density at radius 2 is 1.64 bits per heavy atom. The maximum atomic E-state index is 13.3. The van der Waals surface area contributed by atoms with Gasteiger partial charge in [0.2, 0.25) is 0 Å². The van der Waals surface area contributed by atoms with Gasteiger partial charge < -0.3 is 11.1 Å². The van der Waals surface area contributed by atoms with Crippen LogP contribution in [-0.4, -0.2) is 18.4 Å². The number of nitrogen functional groups attached to an aromatic ring is 1. The quantitative estimate of drug-likeness (QED) is 0.464. The number of nitrogens with one attached hydrogen (secondary N) is 3. The van der Waals surface area contributed by atoms with Crippen molar-refractivity contribution in [3.05, 3.63) is 66.0 Å². The maximum Gasteiger partial charge on any atom is 0.257 e. The Bertz CT molecular complexity index is 1110. The Kier molecular flexibility index (Phi) is 5.38. The van der Waals surface area contributed by atoms with E-state index in [0.29, 0.717) is 0 Å². The normalized spacial score (nSPS) is 11.2. The van der Waals surface area contributed by atoms with Gasteiger partial charge in [-0.05, 0) is 31.2 Å². The number of anilines is 4. The van der Waals surface area contributed by atoms with Gasteiger partial charge in [-0.15, -0.1) is 4.83 Å². The molecule has 0 fully saturated rings. The lowest BCUT2D eigenvalue weighted by Crippen LogP contribution is -2.30. The average molecular weight is 406 g/mol. The summed E-state index contributed by atoms with van der Waals surface area (Å²) in [7, 11) is -3.86. The van der Waals surface area contributed by atoms with Crippen LogP contribution < -0.4 is 21.3 Å². The molecule has 0 amide bonds. The van der Waals surface area contributed by atoms with E-state index in [0.717, 1.165) is 24.0 Å². The largest absolute Gasteiger partial charge is 0.393 e. The molecule has 0 atom stereocenters. The fourth-order valence-corrected chi connectivity index (χ4v) is 3.04. The minimum Gasteiger partial charge on any atom is -0.393 e. The summed E-state index contributed by atoms with van der Waals surface area (Å²) in [5.74, 6) is -1.97. The molecule has 1 aromatic heterocycles. The highest BCUT2D eigenvalue weighted by Crippen LogP contribution is 2.26. The van der Waals surface area contributed by atoms with Crippen LogP contribution in [0.1, 0.15) is 5.56 Å². The number of aromatic nitrogens is 2. The summed E-state index contributed by atoms with van der Waals surface area (Å²) < 4.78 is 51.0. The summed E-state index contributed by atoms with van der Waals surface area (Å²) in [6.45, 7) is 1.84. The van der Waals surface area contributed by atoms with Crippen LogP contribution in [0.25, 0.3) is 0 Å². The predicted molar refractivity (Wildman–Crippen MR) is 101 cm³/mol. The van der Waals surface area contributed by atoms with Crippen LogP contribution in [-0.2, 0) is 10.0 Å². The Balaban J connectivity index is 1.77. The van der Waals surface area contributed by atoms with Crippen molar-refractivity contribution in [3.8, 4) is 0 Å². The first-order chi connectivity index (χ1) is 13.3. The highest BCUT2D eigenvalue weighted by molar-refractivity contribution is 7.89. The third-order valence-corrected chi connectivity index (χ3v) is 4.96. The number of halogens is 2. The number of rotatable bonds is 6. The van der Waals surface area contributed by atoms with Crippen LogP contribution in [0.4, 0.5) is 31.8 Å². The molecular weight excluding hydrogens is 390 g/mol. The van der Waals surface area contributed by atoms with Crippen molar-refractivity contribution in [2.24, 2.45) is 0 Å². The van der Waals surface area contributed by atoms with Gasteiger partial charge in [-0.25, -0.2) is 27.2 Å². The van der Waals surface area contributed by atoms with Crippen molar-refractivity contribution in [3.63, 3.8) is 0 Å². The molecular formula is C17H16F2N6O2S. The van der Waals surface area contributed by atoms with Crippen LogP contribution in [0.5, 0.6) is 0 Å². The fraction of sp³-hybridized carbons (Fsp3) is 0.0588. The van der Waals surface area contributed by atoms with Gasteiger partial charge in [0.1, 0.15) is 12.0 Å². The van der Waals surface area contributed by atoms with Gasteiger partial charge in [0.25, 0.3) is 10.0 Å². The first-order valence-electron chi connectivity index (χ1n) is 7.93. The number of nitrogens with zero attached hydrogens (tertiary/aromatic N) is 2. The zero-order valence-corrected chi connectivity index (χ0v) is 15.4. The van der Waals surface area contributed by atoms with E-state index in [-0.39, 0.29) is 27.9 Å². The molecule has 3 aromatic rings. The minimum absolute atomic E-state index is 0.0178. The minimum atomic E-state index is -3.86. The first kappa shape index (κ1) is 19.5. The molecule has 5 N–H and O–H groups in total. The lowest BCUT2D eigenvalue weighted by molar-refractivity contribution is 0.509. The van der Waals surface area contributed by atoms with Crippen molar-refractivity contribution in [2.75, 3.05) is 16.5 Å². The lowest BCUT2D eigenvalue weighted by atomic mass is 10.2. The van der Waals surface area contributed by atoms with Crippen LogP contribution in [0.2, 0.25) is 0 Å². The van der Waals surface area contributed by atoms with E-state index < -0.39 is 21.7 Å².